The van der Waals surface area contributed by atoms with Gasteiger partial charge in [-0.2, -0.15) is 0 Å². The highest BCUT2D eigenvalue weighted by Crippen LogP contribution is 2.40. The Morgan fingerprint density at radius 3 is 2.39 bits per heavy atom. The Bertz CT molecular complexity index is 1070. The third kappa shape index (κ3) is 5.31. The molecule has 4 rings (SSSR count). The summed E-state index contributed by atoms with van der Waals surface area (Å²) < 4.78 is 6.12. The van der Waals surface area contributed by atoms with Crippen LogP contribution in [0.25, 0.3) is 0 Å². The summed E-state index contributed by atoms with van der Waals surface area (Å²) in [6.45, 7) is 8.29. The molecule has 1 heterocycles. The number of carbonyl (C=O) groups is 1. The van der Waals surface area contributed by atoms with Crippen molar-refractivity contribution in [2.75, 3.05) is 0 Å². The van der Waals surface area contributed by atoms with Crippen LogP contribution in [0.2, 0.25) is 0 Å². The Kier molecular flexibility index (Phi) is 6.10. The predicted octanol–water partition coefficient (Wildman–Crippen LogP) is 6.63. The summed E-state index contributed by atoms with van der Waals surface area (Å²) in [4.78, 5) is 14.2. The number of nitrogens with one attached hydrogen (secondary N) is 1. The Hall–Kier alpha value is -2.72. The lowest BCUT2D eigenvalue weighted by Gasteiger charge is -2.38. The molecule has 0 radical (unpaired) electrons. The molecule has 0 bridgehead atoms. The van der Waals surface area contributed by atoms with E-state index in [1.165, 1.54) is 16.0 Å². The van der Waals surface area contributed by atoms with Crippen molar-refractivity contribution in [3.63, 3.8) is 0 Å². The van der Waals surface area contributed by atoms with E-state index in [0.29, 0.717) is 5.56 Å². The van der Waals surface area contributed by atoms with Crippen LogP contribution in [0.4, 0.5) is 0 Å². The minimum atomic E-state index is -0.322. The summed E-state index contributed by atoms with van der Waals surface area (Å²) in [6.07, 6.45) is 0.737. The van der Waals surface area contributed by atoms with Gasteiger partial charge in [-0.05, 0) is 63.6 Å². The average molecular weight is 432 g/mol. The zero-order valence-electron chi connectivity index (χ0n) is 18.6. The first-order valence-corrected chi connectivity index (χ1v) is 11.7. The first-order valence-electron chi connectivity index (χ1n) is 10.7. The molecule has 1 aliphatic rings. The largest absolute Gasteiger partial charge is 0.487 e. The number of ether oxygens (including phenoxy) is 1. The molecule has 0 spiro atoms. The standard InChI is InChI=1S/C27H29NO2S/c1-18-5-12-22(13-6-18)31-17-20-8-10-21(11-9-20)26(29)28-24-16-27(3,4)30-25-14-7-19(2)15-23(24)25/h5-15,24H,16-17H2,1-4H3,(H,28,29)/t24-/m0/s1. The van der Waals surface area contributed by atoms with E-state index in [-0.39, 0.29) is 17.6 Å². The number of amides is 1. The SMILES string of the molecule is Cc1ccc(SCc2ccc(C(=O)N[C@H]3CC(C)(C)Oc4ccc(C)cc43)cc2)cc1. The number of thioether (sulfide) groups is 1. The average Bonchev–Trinajstić information content (AvgIpc) is 2.73. The predicted molar refractivity (Wildman–Crippen MR) is 128 cm³/mol. The molecule has 1 amide bonds. The lowest BCUT2D eigenvalue weighted by Crippen LogP contribution is -2.41. The summed E-state index contributed by atoms with van der Waals surface area (Å²) in [6, 6.07) is 22.6. The summed E-state index contributed by atoms with van der Waals surface area (Å²) >= 11 is 1.80. The summed E-state index contributed by atoms with van der Waals surface area (Å²) in [5.74, 6) is 1.69. The fourth-order valence-electron chi connectivity index (χ4n) is 3.90. The minimum absolute atomic E-state index is 0.0482. The molecule has 0 unspecified atom stereocenters. The van der Waals surface area contributed by atoms with Gasteiger partial charge in [0.1, 0.15) is 11.4 Å². The number of carbonyl (C=O) groups excluding carboxylic acids is 1. The summed E-state index contributed by atoms with van der Waals surface area (Å²) in [7, 11) is 0. The molecule has 3 nitrogen and oxygen atoms in total. The van der Waals surface area contributed by atoms with Crippen molar-refractivity contribution in [3.05, 3.63) is 94.5 Å². The zero-order chi connectivity index (χ0) is 22.0. The van der Waals surface area contributed by atoms with Gasteiger partial charge in [0.25, 0.3) is 5.91 Å². The van der Waals surface area contributed by atoms with Crippen LogP contribution in [-0.2, 0) is 5.75 Å². The lowest BCUT2D eigenvalue weighted by molar-refractivity contribution is 0.0619. The van der Waals surface area contributed by atoms with Gasteiger partial charge >= 0.3 is 0 Å². The molecule has 0 fully saturated rings. The topological polar surface area (TPSA) is 38.3 Å². The third-order valence-electron chi connectivity index (χ3n) is 5.57. The van der Waals surface area contributed by atoms with E-state index in [0.717, 1.165) is 29.1 Å². The van der Waals surface area contributed by atoms with Gasteiger partial charge in [0.2, 0.25) is 0 Å². The maximum absolute atomic E-state index is 13.0. The molecule has 160 valence electrons. The molecule has 1 aliphatic heterocycles. The Labute approximate surface area is 189 Å². The molecule has 31 heavy (non-hydrogen) atoms. The van der Waals surface area contributed by atoms with Gasteiger partial charge in [-0.15, -0.1) is 11.8 Å². The van der Waals surface area contributed by atoms with E-state index < -0.39 is 0 Å². The highest BCUT2D eigenvalue weighted by Gasteiger charge is 2.34. The van der Waals surface area contributed by atoms with Crippen LogP contribution < -0.4 is 10.1 Å². The van der Waals surface area contributed by atoms with Crippen molar-refractivity contribution in [2.24, 2.45) is 0 Å². The second-order valence-corrected chi connectivity index (χ2v) is 9.98. The van der Waals surface area contributed by atoms with Gasteiger partial charge in [-0.3, -0.25) is 4.79 Å². The van der Waals surface area contributed by atoms with Crippen molar-refractivity contribution in [1.29, 1.82) is 0 Å². The van der Waals surface area contributed by atoms with Crippen molar-refractivity contribution in [2.45, 2.75) is 56.4 Å². The molecule has 4 heteroatoms. The van der Waals surface area contributed by atoms with Crippen LogP contribution in [0.15, 0.2) is 71.6 Å². The molecule has 3 aromatic rings. The van der Waals surface area contributed by atoms with Gasteiger partial charge in [0, 0.05) is 28.2 Å². The molecule has 3 aromatic carbocycles. The van der Waals surface area contributed by atoms with E-state index >= 15 is 0 Å². The molecule has 1 atom stereocenters. The fraction of sp³-hybridized carbons (Fsp3) is 0.296. The first-order chi connectivity index (χ1) is 14.8. The second-order valence-electron chi connectivity index (χ2n) is 8.93. The Morgan fingerprint density at radius 2 is 1.68 bits per heavy atom. The number of aryl methyl sites for hydroxylation is 2. The maximum Gasteiger partial charge on any atom is 0.251 e. The maximum atomic E-state index is 13.0. The van der Waals surface area contributed by atoms with Crippen LogP contribution in [0.1, 0.15) is 58.9 Å². The van der Waals surface area contributed by atoms with Crippen LogP contribution in [0, 0.1) is 13.8 Å². The molecule has 1 N–H and O–H groups in total. The molecule has 0 aliphatic carbocycles. The highest BCUT2D eigenvalue weighted by atomic mass is 32.2. The van der Waals surface area contributed by atoms with Gasteiger partial charge in [0.15, 0.2) is 0 Å². The Balaban J connectivity index is 1.43. The minimum Gasteiger partial charge on any atom is -0.487 e. The number of benzene rings is 3. The second kappa shape index (κ2) is 8.80. The zero-order valence-corrected chi connectivity index (χ0v) is 19.4. The quantitative estimate of drug-likeness (QED) is 0.461. The monoisotopic (exact) mass is 431 g/mol. The van der Waals surface area contributed by atoms with Crippen molar-refractivity contribution < 1.29 is 9.53 Å². The van der Waals surface area contributed by atoms with Crippen molar-refractivity contribution in [3.8, 4) is 5.75 Å². The van der Waals surface area contributed by atoms with Crippen LogP contribution >= 0.6 is 11.8 Å². The van der Waals surface area contributed by atoms with E-state index in [2.05, 4.69) is 63.3 Å². The highest BCUT2D eigenvalue weighted by molar-refractivity contribution is 7.98. The normalized spacial score (nSPS) is 16.8. The van der Waals surface area contributed by atoms with E-state index in [1.807, 2.05) is 36.4 Å². The van der Waals surface area contributed by atoms with Crippen molar-refractivity contribution in [1.82, 2.24) is 5.32 Å². The lowest BCUT2D eigenvalue weighted by atomic mass is 9.88. The van der Waals surface area contributed by atoms with Crippen molar-refractivity contribution >= 4 is 17.7 Å². The number of hydrogen-bond acceptors (Lipinski definition) is 3. The van der Waals surface area contributed by atoms with Gasteiger partial charge in [-0.25, -0.2) is 0 Å². The Morgan fingerprint density at radius 1 is 1.00 bits per heavy atom. The molecular weight excluding hydrogens is 402 g/mol. The molecular formula is C27H29NO2S. The summed E-state index contributed by atoms with van der Waals surface area (Å²) in [5, 5.41) is 3.23. The smallest absolute Gasteiger partial charge is 0.251 e. The van der Waals surface area contributed by atoms with E-state index in [4.69, 9.17) is 4.74 Å². The van der Waals surface area contributed by atoms with Gasteiger partial charge < -0.3 is 10.1 Å². The van der Waals surface area contributed by atoms with Crippen LogP contribution in [-0.4, -0.2) is 11.5 Å². The van der Waals surface area contributed by atoms with E-state index in [9.17, 15) is 4.79 Å². The van der Waals surface area contributed by atoms with Crippen LogP contribution in [0.5, 0.6) is 5.75 Å². The van der Waals surface area contributed by atoms with Gasteiger partial charge in [-0.1, -0.05) is 47.5 Å². The fourth-order valence-corrected chi connectivity index (χ4v) is 4.75. The van der Waals surface area contributed by atoms with E-state index in [1.54, 1.807) is 11.8 Å². The molecule has 0 aromatic heterocycles. The summed E-state index contributed by atoms with van der Waals surface area (Å²) in [5.41, 5.74) is 5.05. The first kappa shape index (κ1) is 21.5. The van der Waals surface area contributed by atoms with Gasteiger partial charge in [0.05, 0.1) is 6.04 Å². The number of rotatable bonds is 5. The molecule has 0 saturated heterocycles. The number of hydrogen-bond donors (Lipinski definition) is 1. The number of fused-ring (bicyclic) bond motifs is 1. The molecule has 0 saturated carbocycles. The van der Waals surface area contributed by atoms with Crippen LogP contribution in [0.3, 0.4) is 0 Å². The third-order valence-corrected chi connectivity index (χ3v) is 6.65.